The minimum absolute atomic E-state index is 0.149. The molecule has 17 heavy (non-hydrogen) atoms. The summed E-state index contributed by atoms with van der Waals surface area (Å²) in [6, 6.07) is 6.20. The summed E-state index contributed by atoms with van der Waals surface area (Å²) in [7, 11) is -0.530. The number of benzene rings is 1. The Kier molecular flexibility index (Phi) is 4.25. The first-order chi connectivity index (χ1) is 7.87. The van der Waals surface area contributed by atoms with Crippen LogP contribution < -0.4 is 5.32 Å². The number of sulfonamides is 1. The first-order valence-electron chi connectivity index (χ1n) is 5.20. The molecule has 5 nitrogen and oxygen atoms in total. The van der Waals surface area contributed by atoms with E-state index in [1.165, 1.54) is 26.2 Å². The second kappa shape index (κ2) is 5.29. The molecule has 0 spiro atoms. The number of nitrogens with one attached hydrogen (secondary N) is 1. The van der Waals surface area contributed by atoms with Crippen molar-refractivity contribution in [2.24, 2.45) is 0 Å². The van der Waals surface area contributed by atoms with Crippen molar-refractivity contribution < 1.29 is 13.2 Å². The van der Waals surface area contributed by atoms with E-state index >= 15 is 0 Å². The van der Waals surface area contributed by atoms with E-state index in [4.69, 9.17) is 0 Å². The molecule has 6 heteroatoms. The summed E-state index contributed by atoms with van der Waals surface area (Å²) in [5.74, 6) is -0.149. The van der Waals surface area contributed by atoms with Crippen molar-refractivity contribution >= 4 is 21.6 Å². The Morgan fingerprint density at radius 2 is 2.00 bits per heavy atom. The van der Waals surface area contributed by atoms with E-state index in [1.807, 2.05) is 0 Å². The summed E-state index contributed by atoms with van der Waals surface area (Å²) in [4.78, 5) is 11.4. The Balaban J connectivity index is 3.06. The zero-order valence-corrected chi connectivity index (χ0v) is 10.9. The molecular formula is C11H16N2O3S. The molecule has 1 aromatic rings. The fourth-order valence-corrected chi connectivity index (χ4v) is 2.14. The largest absolute Gasteiger partial charge is 0.326 e. The molecule has 0 unspecified atom stereocenters. The molecule has 0 heterocycles. The monoisotopic (exact) mass is 256 g/mol. The van der Waals surface area contributed by atoms with Gasteiger partial charge in [-0.25, -0.2) is 12.7 Å². The van der Waals surface area contributed by atoms with Crippen LogP contribution in [-0.4, -0.2) is 32.7 Å². The minimum Gasteiger partial charge on any atom is -0.326 e. The van der Waals surface area contributed by atoms with E-state index in [0.29, 0.717) is 12.1 Å². The average molecular weight is 256 g/mol. The van der Waals surface area contributed by atoms with E-state index in [1.54, 1.807) is 19.1 Å². The van der Waals surface area contributed by atoms with Gasteiger partial charge in [0.2, 0.25) is 15.9 Å². The SMILES string of the molecule is CCC(=O)Nc1cccc(S(=O)(=O)N(C)C)c1. The molecule has 0 fully saturated rings. The van der Waals surface area contributed by atoms with E-state index in [0.717, 1.165) is 4.31 Å². The van der Waals surface area contributed by atoms with Gasteiger partial charge >= 0.3 is 0 Å². The fraction of sp³-hybridized carbons (Fsp3) is 0.364. The molecule has 0 aliphatic heterocycles. The number of hydrogen-bond donors (Lipinski definition) is 1. The number of carbonyl (C=O) groups is 1. The zero-order chi connectivity index (χ0) is 13.1. The third kappa shape index (κ3) is 3.28. The lowest BCUT2D eigenvalue weighted by Gasteiger charge is -2.12. The van der Waals surface area contributed by atoms with Crippen molar-refractivity contribution in [3.8, 4) is 0 Å². The second-order valence-electron chi connectivity index (χ2n) is 3.72. The molecule has 0 bridgehead atoms. The van der Waals surface area contributed by atoms with Crippen LogP contribution in [0.15, 0.2) is 29.2 Å². The molecule has 0 aromatic heterocycles. The van der Waals surface area contributed by atoms with Crippen molar-refractivity contribution in [2.75, 3.05) is 19.4 Å². The maximum Gasteiger partial charge on any atom is 0.242 e. The predicted molar refractivity (Wildman–Crippen MR) is 66.2 cm³/mol. The third-order valence-electron chi connectivity index (χ3n) is 2.22. The van der Waals surface area contributed by atoms with E-state index < -0.39 is 10.0 Å². The molecule has 1 rings (SSSR count). The summed E-state index contributed by atoms with van der Waals surface area (Å²) in [5, 5.41) is 2.62. The normalized spacial score (nSPS) is 11.5. The van der Waals surface area contributed by atoms with Crippen LogP contribution in [0.2, 0.25) is 0 Å². The summed E-state index contributed by atoms with van der Waals surface area (Å²) < 4.78 is 24.8. The molecule has 0 aliphatic rings. The molecule has 0 saturated heterocycles. The quantitative estimate of drug-likeness (QED) is 0.882. The van der Waals surface area contributed by atoms with Crippen LogP contribution in [0, 0.1) is 0 Å². The van der Waals surface area contributed by atoms with Crippen molar-refractivity contribution in [2.45, 2.75) is 18.2 Å². The molecule has 1 aromatic carbocycles. The van der Waals surface area contributed by atoms with E-state index in [-0.39, 0.29) is 10.8 Å². The lowest BCUT2D eigenvalue weighted by Crippen LogP contribution is -2.22. The van der Waals surface area contributed by atoms with Crippen LogP contribution in [0.1, 0.15) is 13.3 Å². The van der Waals surface area contributed by atoms with Crippen molar-refractivity contribution in [3.63, 3.8) is 0 Å². The highest BCUT2D eigenvalue weighted by atomic mass is 32.2. The number of amides is 1. The Hall–Kier alpha value is -1.40. The van der Waals surface area contributed by atoms with Gasteiger partial charge in [-0.1, -0.05) is 13.0 Å². The standard InChI is InChI=1S/C11H16N2O3S/c1-4-11(14)12-9-6-5-7-10(8-9)17(15,16)13(2)3/h5-8H,4H2,1-3H3,(H,12,14). The van der Waals surface area contributed by atoms with Crippen LogP contribution in [0.4, 0.5) is 5.69 Å². The number of rotatable bonds is 4. The van der Waals surface area contributed by atoms with Gasteiger partial charge in [-0.3, -0.25) is 4.79 Å². The highest BCUT2D eigenvalue weighted by Gasteiger charge is 2.17. The topological polar surface area (TPSA) is 66.5 Å². The van der Waals surface area contributed by atoms with Crippen molar-refractivity contribution in [1.82, 2.24) is 4.31 Å². The number of hydrogen-bond acceptors (Lipinski definition) is 3. The van der Waals surface area contributed by atoms with Crippen LogP contribution in [0.3, 0.4) is 0 Å². The van der Waals surface area contributed by atoms with Gasteiger partial charge in [0, 0.05) is 26.2 Å². The molecule has 1 N–H and O–H groups in total. The lowest BCUT2D eigenvalue weighted by atomic mass is 10.3. The Bertz CT molecular complexity index is 509. The van der Waals surface area contributed by atoms with Gasteiger partial charge in [0.15, 0.2) is 0 Å². The Morgan fingerprint density at radius 1 is 1.35 bits per heavy atom. The van der Waals surface area contributed by atoms with E-state index in [2.05, 4.69) is 5.32 Å². The number of carbonyl (C=O) groups excluding carboxylic acids is 1. The van der Waals surface area contributed by atoms with Gasteiger partial charge in [-0.05, 0) is 18.2 Å². The highest BCUT2D eigenvalue weighted by Crippen LogP contribution is 2.17. The fourth-order valence-electron chi connectivity index (χ4n) is 1.19. The number of anilines is 1. The molecule has 1 amide bonds. The smallest absolute Gasteiger partial charge is 0.242 e. The molecular weight excluding hydrogens is 240 g/mol. The maximum absolute atomic E-state index is 11.9. The van der Waals surface area contributed by atoms with Gasteiger partial charge in [0.05, 0.1) is 4.90 Å². The first-order valence-corrected chi connectivity index (χ1v) is 6.64. The van der Waals surface area contributed by atoms with Gasteiger partial charge in [-0.2, -0.15) is 0 Å². The molecule has 0 radical (unpaired) electrons. The van der Waals surface area contributed by atoms with E-state index in [9.17, 15) is 13.2 Å². The Labute approximate surface area is 101 Å². The van der Waals surface area contributed by atoms with Crippen LogP contribution in [-0.2, 0) is 14.8 Å². The summed E-state index contributed by atoms with van der Waals surface area (Å²) >= 11 is 0. The summed E-state index contributed by atoms with van der Waals surface area (Å²) in [6.07, 6.45) is 0.352. The van der Waals surface area contributed by atoms with Crippen molar-refractivity contribution in [1.29, 1.82) is 0 Å². The summed E-state index contributed by atoms with van der Waals surface area (Å²) in [5.41, 5.74) is 0.486. The number of nitrogens with zero attached hydrogens (tertiary/aromatic N) is 1. The summed E-state index contributed by atoms with van der Waals surface area (Å²) in [6.45, 7) is 1.73. The average Bonchev–Trinajstić information content (AvgIpc) is 2.29. The third-order valence-corrected chi connectivity index (χ3v) is 4.03. The van der Waals surface area contributed by atoms with Gasteiger partial charge < -0.3 is 5.32 Å². The molecule has 0 saturated carbocycles. The lowest BCUT2D eigenvalue weighted by molar-refractivity contribution is -0.115. The molecule has 0 atom stereocenters. The maximum atomic E-state index is 11.9. The Morgan fingerprint density at radius 3 is 2.53 bits per heavy atom. The predicted octanol–water partition coefficient (Wildman–Crippen LogP) is 1.29. The highest BCUT2D eigenvalue weighted by molar-refractivity contribution is 7.89. The molecule has 94 valence electrons. The van der Waals surface area contributed by atoms with Crippen LogP contribution in [0.5, 0.6) is 0 Å². The van der Waals surface area contributed by atoms with Crippen LogP contribution >= 0.6 is 0 Å². The van der Waals surface area contributed by atoms with Gasteiger partial charge in [0.25, 0.3) is 0 Å². The first kappa shape index (κ1) is 13.7. The zero-order valence-electron chi connectivity index (χ0n) is 10.1. The van der Waals surface area contributed by atoms with Gasteiger partial charge in [0.1, 0.15) is 0 Å². The molecule has 0 aliphatic carbocycles. The second-order valence-corrected chi connectivity index (χ2v) is 5.87. The van der Waals surface area contributed by atoms with Crippen molar-refractivity contribution in [3.05, 3.63) is 24.3 Å². The minimum atomic E-state index is -3.46. The van der Waals surface area contributed by atoms with Crippen LogP contribution in [0.25, 0.3) is 0 Å². The van der Waals surface area contributed by atoms with Gasteiger partial charge in [-0.15, -0.1) is 0 Å².